The van der Waals surface area contributed by atoms with Crippen molar-refractivity contribution in [1.29, 1.82) is 0 Å². The van der Waals surface area contributed by atoms with Crippen molar-refractivity contribution < 1.29 is 9.53 Å². The molecular weight excluding hydrogens is 302 g/mol. The number of carbonyl (C=O) groups is 1. The van der Waals surface area contributed by atoms with E-state index in [4.69, 9.17) is 4.74 Å². The highest BCUT2D eigenvalue weighted by Crippen LogP contribution is 2.43. The summed E-state index contributed by atoms with van der Waals surface area (Å²) < 4.78 is 7.87. The molecule has 1 spiro atoms. The van der Waals surface area contributed by atoms with Crippen molar-refractivity contribution in [2.24, 2.45) is 7.05 Å². The van der Waals surface area contributed by atoms with Crippen molar-refractivity contribution in [2.75, 3.05) is 13.1 Å². The number of rotatable bonds is 2. The van der Waals surface area contributed by atoms with Gasteiger partial charge in [0.1, 0.15) is 0 Å². The van der Waals surface area contributed by atoms with Gasteiger partial charge in [-0.2, -0.15) is 5.10 Å². The third-order valence-electron chi connectivity index (χ3n) is 5.04. The zero-order valence-electron chi connectivity index (χ0n) is 13.8. The molecule has 1 amide bonds. The van der Waals surface area contributed by atoms with E-state index in [-0.39, 0.29) is 11.5 Å². The summed E-state index contributed by atoms with van der Waals surface area (Å²) in [6.07, 6.45) is 8.81. The van der Waals surface area contributed by atoms with Crippen LogP contribution in [0.5, 0.6) is 0 Å². The SMILES string of the molecule is Cn1cc(/C=C/C(=O)N2CCC3(CC2)OCc2ccccc23)cn1. The summed E-state index contributed by atoms with van der Waals surface area (Å²) in [5, 5.41) is 4.10. The highest BCUT2D eigenvalue weighted by molar-refractivity contribution is 5.91. The van der Waals surface area contributed by atoms with E-state index in [1.807, 2.05) is 24.2 Å². The first-order chi connectivity index (χ1) is 11.7. The van der Waals surface area contributed by atoms with Gasteiger partial charge in [-0.15, -0.1) is 0 Å². The Morgan fingerprint density at radius 3 is 2.83 bits per heavy atom. The topological polar surface area (TPSA) is 47.4 Å². The van der Waals surface area contributed by atoms with Crippen LogP contribution in [0.2, 0.25) is 0 Å². The maximum absolute atomic E-state index is 12.4. The highest BCUT2D eigenvalue weighted by Gasteiger charge is 2.42. The Morgan fingerprint density at radius 1 is 1.29 bits per heavy atom. The maximum atomic E-state index is 12.4. The molecule has 1 aromatic heterocycles. The van der Waals surface area contributed by atoms with Gasteiger partial charge in [-0.1, -0.05) is 24.3 Å². The highest BCUT2D eigenvalue weighted by atomic mass is 16.5. The summed E-state index contributed by atoms with van der Waals surface area (Å²) in [6.45, 7) is 2.14. The molecule has 124 valence electrons. The van der Waals surface area contributed by atoms with Crippen LogP contribution in [0.15, 0.2) is 42.7 Å². The number of aromatic nitrogens is 2. The van der Waals surface area contributed by atoms with E-state index in [9.17, 15) is 4.79 Å². The number of ether oxygens (including phenoxy) is 1. The van der Waals surface area contributed by atoms with Crippen molar-refractivity contribution in [3.8, 4) is 0 Å². The van der Waals surface area contributed by atoms with Crippen LogP contribution in [-0.4, -0.2) is 33.7 Å². The number of carbonyl (C=O) groups excluding carboxylic acids is 1. The van der Waals surface area contributed by atoms with E-state index in [0.29, 0.717) is 6.61 Å². The largest absolute Gasteiger partial charge is 0.365 e. The lowest BCUT2D eigenvalue weighted by Gasteiger charge is -2.39. The van der Waals surface area contributed by atoms with Crippen LogP contribution in [0, 0.1) is 0 Å². The Morgan fingerprint density at radius 2 is 2.08 bits per heavy atom. The second-order valence-corrected chi connectivity index (χ2v) is 6.55. The lowest BCUT2D eigenvalue weighted by atomic mass is 9.84. The molecule has 0 radical (unpaired) electrons. The van der Waals surface area contributed by atoms with Crippen LogP contribution in [0.3, 0.4) is 0 Å². The molecular formula is C19H21N3O2. The predicted octanol–water partition coefficient (Wildman–Crippen LogP) is 2.48. The van der Waals surface area contributed by atoms with Crippen molar-refractivity contribution in [1.82, 2.24) is 14.7 Å². The Labute approximate surface area is 141 Å². The van der Waals surface area contributed by atoms with Crippen molar-refractivity contribution in [2.45, 2.75) is 25.0 Å². The summed E-state index contributed by atoms with van der Waals surface area (Å²) in [7, 11) is 1.86. The van der Waals surface area contributed by atoms with Gasteiger partial charge in [0.05, 0.1) is 18.4 Å². The van der Waals surface area contributed by atoms with Gasteiger partial charge in [-0.25, -0.2) is 0 Å². The van der Waals surface area contributed by atoms with E-state index in [1.165, 1.54) is 11.1 Å². The van der Waals surface area contributed by atoms with Crippen LogP contribution < -0.4 is 0 Å². The van der Waals surface area contributed by atoms with E-state index in [1.54, 1.807) is 17.0 Å². The molecule has 0 unspecified atom stereocenters. The minimum absolute atomic E-state index is 0.0555. The lowest BCUT2D eigenvalue weighted by Crippen LogP contribution is -2.44. The average Bonchev–Trinajstić information content (AvgIpc) is 3.18. The minimum atomic E-state index is -0.194. The smallest absolute Gasteiger partial charge is 0.246 e. The van der Waals surface area contributed by atoms with Crippen LogP contribution >= 0.6 is 0 Å². The standard InChI is InChI=1S/C19H21N3O2/c1-21-13-15(12-20-21)6-7-18(23)22-10-8-19(9-11-22)17-5-3-2-4-16(17)14-24-19/h2-7,12-13H,8-11,14H2,1H3/b7-6+. The van der Waals surface area contributed by atoms with E-state index in [0.717, 1.165) is 31.5 Å². The molecule has 3 heterocycles. The van der Waals surface area contributed by atoms with Gasteiger partial charge in [0.15, 0.2) is 0 Å². The van der Waals surface area contributed by atoms with Gasteiger partial charge in [-0.3, -0.25) is 9.48 Å². The first-order valence-corrected chi connectivity index (χ1v) is 8.34. The second-order valence-electron chi connectivity index (χ2n) is 6.55. The summed E-state index contributed by atoms with van der Waals surface area (Å²) in [6, 6.07) is 8.44. The molecule has 5 nitrogen and oxygen atoms in total. The summed E-state index contributed by atoms with van der Waals surface area (Å²) >= 11 is 0. The number of piperidine rings is 1. The van der Waals surface area contributed by atoms with Gasteiger partial charge < -0.3 is 9.64 Å². The number of benzene rings is 1. The molecule has 1 fully saturated rings. The molecule has 24 heavy (non-hydrogen) atoms. The Balaban J connectivity index is 1.41. The Bertz CT molecular complexity index is 785. The molecule has 0 bridgehead atoms. The second kappa shape index (κ2) is 5.91. The third kappa shape index (κ3) is 2.65. The molecule has 2 aromatic rings. The molecule has 0 N–H and O–H groups in total. The molecule has 2 aliphatic rings. The molecule has 2 aliphatic heterocycles. The number of nitrogens with zero attached hydrogens (tertiary/aromatic N) is 3. The number of amides is 1. The van der Waals surface area contributed by atoms with Crippen molar-refractivity contribution >= 4 is 12.0 Å². The fraction of sp³-hybridized carbons (Fsp3) is 0.368. The van der Waals surface area contributed by atoms with E-state index < -0.39 is 0 Å². The normalized spacial score (nSPS) is 19.1. The average molecular weight is 323 g/mol. The first-order valence-electron chi connectivity index (χ1n) is 8.34. The number of hydrogen-bond acceptors (Lipinski definition) is 3. The molecule has 1 aromatic carbocycles. The monoisotopic (exact) mass is 323 g/mol. The van der Waals surface area contributed by atoms with Crippen molar-refractivity contribution in [3.05, 3.63) is 59.4 Å². The van der Waals surface area contributed by atoms with Gasteiger partial charge in [0.2, 0.25) is 5.91 Å². The van der Waals surface area contributed by atoms with Gasteiger partial charge in [-0.05, 0) is 30.0 Å². The van der Waals surface area contributed by atoms with Crippen LogP contribution in [-0.2, 0) is 28.8 Å². The molecule has 5 heteroatoms. The van der Waals surface area contributed by atoms with Crippen molar-refractivity contribution in [3.63, 3.8) is 0 Å². The van der Waals surface area contributed by atoms with Gasteiger partial charge >= 0.3 is 0 Å². The fourth-order valence-electron chi connectivity index (χ4n) is 3.69. The number of aryl methyl sites for hydroxylation is 1. The van der Waals surface area contributed by atoms with Gasteiger partial charge in [0.25, 0.3) is 0 Å². The Hall–Kier alpha value is -2.40. The first kappa shape index (κ1) is 15.1. The summed E-state index contributed by atoms with van der Waals surface area (Å²) in [5.74, 6) is 0.0555. The number of likely N-dealkylation sites (tertiary alicyclic amines) is 1. The molecule has 0 saturated carbocycles. The number of fused-ring (bicyclic) bond motifs is 2. The third-order valence-corrected chi connectivity index (χ3v) is 5.04. The quantitative estimate of drug-likeness (QED) is 0.798. The summed E-state index contributed by atoms with van der Waals surface area (Å²) in [5.41, 5.74) is 3.34. The maximum Gasteiger partial charge on any atom is 0.246 e. The van der Waals surface area contributed by atoms with Crippen LogP contribution in [0.25, 0.3) is 6.08 Å². The molecule has 1 saturated heterocycles. The minimum Gasteiger partial charge on any atom is -0.365 e. The molecule has 4 rings (SSSR count). The number of hydrogen-bond donors (Lipinski definition) is 0. The van der Waals surface area contributed by atoms with Gasteiger partial charge in [0, 0.05) is 38.0 Å². The Kier molecular flexibility index (Phi) is 3.73. The van der Waals surface area contributed by atoms with E-state index >= 15 is 0 Å². The summed E-state index contributed by atoms with van der Waals surface area (Å²) in [4.78, 5) is 14.3. The van der Waals surface area contributed by atoms with E-state index in [2.05, 4.69) is 29.4 Å². The zero-order valence-corrected chi connectivity index (χ0v) is 13.8. The molecule has 0 aliphatic carbocycles. The lowest BCUT2D eigenvalue weighted by molar-refractivity contribution is -0.133. The van der Waals surface area contributed by atoms with Crippen LogP contribution in [0.1, 0.15) is 29.5 Å². The zero-order chi connectivity index (χ0) is 16.6. The molecule has 0 atom stereocenters. The van der Waals surface area contributed by atoms with Crippen LogP contribution in [0.4, 0.5) is 0 Å². The fourth-order valence-corrected chi connectivity index (χ4v) is 3.69. The predicted molar refractivity (Wildman–Crippen MR) is 91.0 cm³/mol.